The quantitative estimate of drug-likeness (QED) is 0.807. The molecule has 1 fully saturated rings. The minimum atomic E-state index is -0.107. The molecule has 1 heterocycles. The van der Waals surface area contributed by atoms with Crippen LogP contribution in [0.2, 0.25) is 0 Å². The van der Waals surface area contributed by atoms with Crippen LogP contribution in [0.3, 0.4) is 0 Å². The van der Waals surface area contributed by atoms with Gasteiger partial charge in [0, 0.05) is 32.8 Å². The summed E-state index contributed by atoms with van der Waals surface area (Å²) in [6, 6.07) is 8.12. The van der Waals surface area contributed by atoms with Gasteiger partial charge in [-0.1, -0.05) is 31.2 Å². The SMILES string of the molecule is COCc1cccc(CNC(=O)NC(C)CN2CCCC(C)C2)c1. The summed E-state index contributed by atoms with van der Waals surface area (Å²) in [5.74, 6) is 0.763. The molecule has 0 saturated carbocycles. The van der Waals surface area contributed by atoms with Crippen molar-refractivity contribution in [2.45, 2.75) is 45.9 Å². The number of carbonyl (C=O) groups excluding carboxylic acids is 1. The molecule has 2 rings (SSSR count). The Kier molecular flexibility index (Phi) is 7.53. The molecule has 1 aromatic rings. The van der Waals surface area contributed by atoms with Gasteiger partial charge in [0.2, 0.25) is 0 Å². The lowest BCUT2D eigenvalue weighted by molar-refractivity contribution is 0.169. The van der Waals surface area contributed by atoms with Crippen molar-refractivity contribution in [3.8, 4) is 0 Å². The van der Waals surface area contributed by atoms with Crippen LogP contribution in [-0.4, -0.2) is 43.7 Å². The predicted octanol–water partition coefficient (Wildman–Crippen LogP) is 2.75. The summed E-state index contributed by atoms with van der Waals surface area (Å²) in [5, 5.41) is 5.97. The van der Waals surface area contributed by atoms with Gasteiger partial charge in [-0.15, -0.1) is 0 Å². The van der Waals surface area contributed by atoms with Crippen molar-refractivity contribution < 1.29 is 9.53 Å². The average molecular weight is 333 g/mol. The Balaban J connectivity index is 1.71. The van der Waals surface area contributed by atoms with E-state index in [1.165, 1.54) is 12.8 Å². The second kappa shape index (κ2) is 9.64. The maximum atomic E-state index is 12.1. The van der Waals surface area contributed by atoms with E-state index in [0.717, 1.165) is 36.7 Å². The number of carbonyl (C=O) groups is 1. The molecule has 2 amide bonds. The molecular weight excluding hydrogens is 302 g/mol. The first-order chi connectivity index (χ1) is 11.6. The average Bonchev–Trinajstić information content (AvgIpc) is 2.53. The van der Waals surface area contributed by atoms with E-state index < -0.39 is 0 Å². The minimum Gasteiger partial charge on any atom is -0.380 e. The van der Waals surface area contributed by atoms with E-state index in [9.17, 15) is 4.79 Å². The fraction of sp³-hybridized carbons (Fsp3) is 0.632. The molecule has 0 aromatic heterocycles. The topological polar surface area (TPSA) is 53.6 Å². The molecule has 2 unspecified atom stereocenters. The number of amides is 2. The summed E-state index contributed by atoms with van der Waals surface area (Å²) in [6.07, 6.45) is 2.58. The zero-order valence-electron chi connectivity index (χ0n) is 15.2. The molecule has 1 saturated heterocycles. The maximum Gasteiger partial charge on any atom is 0.315 e. The number of rotatable bonds is 7. The molecule has 134 valence electrons. The Morgan fingerprint density at radius 2 is 2.21 bits per heavy atom. The largest absolute Gasteiger partial charge is 0.380 e. The van der Waals surface area contributed by atoms with Crippen LogP contribution in [0.4, 0.5) is 4.79 Å². The summed E-state index contributed by atoms with van der Waals surface area (Å²) in [7, 11) is 1.68. The van der Waals surface area contributed by atoms with Crippen molar-refractivity contribution in [1.29, 1.82) is 0 Å². The van der Waals surface area contributed by atoms with Crippen LogP contribution in [0.1, 0.15) is 37.8 Å². The Hall–Kier alpha value is -1.59. The summed E-state index contributed by atoms with van der Waals surface area (Å²) in [4.78, 5) is 14.5. The van der Waals surface area contributed by atoms with Crippen LogP contribution in [-0.2, 0) is 17.9 Å². The highest BCUT2D eigenvalue weighted by molar-refractivity contribution is 5.74. The van der Waals surface area contributed by atoms with Crippen LogP contribution in [0.15, 0.2) is 24.3 Å². The molecule has 5 nitrogen and oxygen atoms in total. The molecule has 1 aliphatic rings. The van der Waals surface area contributed by atoms with Gasteiger partial charge in [-0.05, 0) is 43.4 Å². The van der Waals surface area contributed by atoms with Gasteiger partial charge >= 0.3 is 6.03 Å². The highest BCUT2D eigenvalue weighted by atomic mass is 16.5. The molecule has 0 radical (unpaired) electrons. The van der Waals surface area contributed by atoms with Crippen LogP contribution >= 0.6 is 0 Å². The van der Waals surface area contributed by atoms with E-state index in [1.807, 2.05) is 18.2 Å². The third kappa shape index (κ3) is 6.49. The predicted molar refractivity (Wildman–Crippen MR) is 96.8 cm³/mol. The highest BCUT2D eigenvalue weighted by Crippen LogP contribution is 2.15. The normalized spacial score (nSPS) is 19.7. The maximum absolute atomic E-state index is 12.1. The van der Waals surface area contributed by atoms with Crippen LogP contribution < -0.4 is 10.6 Å². The lowest BCUT2D eigenvalue weighted by Gasteiger charge is -2.32. The van der Waals surface area contributed by atoms with Crippen molar-refractivity contribution in [2.75, 3.05) is 26.7 Å². The Labute approximate surface area is 145 Å². The molecule has 24 heavy (non-hydrogen) atoms. The van der Waals surface area contributed by atoms with Gasteiger partial charge in [-0.3, -0.25) is 0 Å². The van der Waals surface area contributed by atoms with Crippen molar-refractivity contribution in [3.63, 3.8) is 0 Å². The summed E-state index contributed by atoms with van der Waals surface area (Å²) in [6.45, 7) is 8.68. The molecule has 2 N–H and O–H groups in total. The van der Waals surface area contributed by atoms with Crippen molar-refractivity contribution in [3.05, 3.63) is 35.4 Å². The minimum absolute atomic E-state index is 0.107. The van der Waals surface area contributed by atoms with Crippen LogP contribution in [0, 0.1) is 5.92 Å². The first kappa shape index (κ1) is 18.7. The van der Waals surface area contributed by atoms with Gasteiger partial charge in [0.25, 0.3) is 0 Å². The number of benzene rings is 1. The Bertz CT molecular complexity index is 521. The van der Waals surface area contributed by atoms with Crippen LogP contribution in [0.5, 0.6) is 0 Å². The Morgan fingerprint density at radius 1 is 1.42 bits per heavy atom. The Morgan fingerprint density at radius 3 is 2.96 bits per heavy atom. The summed E-state index contributed by atoms with van der Waals surface area (Å²) >= 11 is 0. The first-order valence-corrected chi connectivity index (χ1v) is 8.90. The molecule has 0 aliphatic carbocycles. The molecule has 0 bridgehead atoms. The number of nitrogens with one attached hydrogen (secondary N) is 2. The number of ether oxygens (including phenoxy) is 1. The second-order valence-corrected chi connectivity index (χ2v) is 6.99. The van der Waals surface area contributed by atoms with Crippen molar-refractivity contribution in [1.82, 2.24) is 15.5 Å². The molecule has 2 atom stereocenters. The monoisotopic (exact) mass is 333 g/mol. The summed E-state index contributed by atoms with van der Waals surface area (Å²) in [5.41, 5.74) is 2.20. The number of nitrogens with zero attached hydrogens (tertiary/aromatic N) is 1. The number of urea groups is 1. The van der Waals surface area contributed by atoms with E-state index in [1.54, 1.807) is 7.11 Å². The molecular formula is C19H31N3O2. The number of methoxy groups -OCH3 is 1. The smallest absolute Gasteiger partial charge is 0.315 e. The van der Waals surface area contributed by atoms with E-state index in [-0.39, 0.29) is 12.1 Å². The van der Waals surface area contributed by atoms with Crippen molar-refractivity contribution >= 4 is 6.03 Å². The zero-order valence-corrected chi connectivity index (χ0v) is 15.2. The lowest BCUT2D eigenvalue weighted by atomic mass is 10.00. The van der Waals surface area contributed by atoms with Gasteiger partial charge in [-0.2, -0.15) is 0 Å². The molecule has 0 spiro atoms. The third-order valence-electron chi connectivity index (χ3n) is 4.41. The highest BCUT2D eigenvalue weighted by Gasteiger charge is 2.18. The fourth-order valence-corrected chi connectivity index (χ4v) is 3.34. The number of hydrogen-bond acceptors (Lipinski definition) is 3. The van der Waals surface area contributed by atoms with E-state index in [4.69, 9.17) is 4.74 Å². The van der Waals surface area contributed by atoms with Gasteiger partial charge in [0.1, 0.15) is 0 Å². The van der Waals surface area contributed by atoms with E-state index in [0.29, 0.717) is 13.2 Å². The molecule has 5 heteroatoms. The first-order valence-electron chi connectivity index (χ1n) is 8.90. The third-order valence-corrected chi connectivity index (χ3v) is 4.41. The number of likely N-dealkylation sites (tertiary alicyclic amines) is 1. The van der Waals surface area contributed by atoms with Gasteiger partial charge in [-0.25, -0.2) is 4.79 Å². The van der Waals surface area contributed by atoms with Crippen molar-refractivity contribution in [2.24, 2.45) is 5.92 Å². The molecule has 1 aromatic carbocycles. The standard InChI is InChI=1S/C19H31N3O2/c1-15-6-5-9-22(12-15)13-16(2)21-19(23)20-11-17-7-4-8-18(10-17)14-24-3/h4,7-8,10,15-16H,5-6,9,11-14H2,1-3H3,(H2,20,21,23). The fourth-order valence-electron chi connectivity index (χ4n) is 3.34. The van der Waals surface area contributed by atoms with Crippen LogP contribution in [0.25, 0.3) is 0 Å². The van der Waals surface area contributed by atoms with Gasteiger partial charge < -0.3 is 20.3 Å². The van der Waals surface area contributed by atoms with Gasteiger partial charge in [0.15, 0.2) is 0 Å². The zero-order chi connectivity index (χ0) is 17.4. The number of piperidine rings is 1. The lowest BCUT2D eigenvalue weighted by Crippen LogP contribution is -2.47. The summed E-state index contributed by atoms with van der Waals surface area (Å²) < 4.78 is 5.14. The van der Waals surface area contributed by atoms with Gasteiger partial charge in [0.05, 0.1) is 6.61 Å². The molecule has 1 aliphatic heterocycles. The van der Waals surface area contributed by atoms with E-state index >= 15 is 0 Å². The number of hydrogen-bond donors (Lipinski definition) is 2. The van der Waals surface area contributed by atoms with E-state index in [2.05, 4.69) is 35.4 Å². The second-order valence-electron chi connectivity index (χ2n) is 6.99.